The van der Waals surface area contributed by atoms with Crippen molar-refractivity contribution in [2.24, 2.45) is 11.3 Å². The lowest BCUT2D eigenvalue weighted by Gasteiger charge is -2.36. The molecule has 1 heterocycles. The van der Waals surface area contributed by atoms with Crippen LogP contribution in [-0.4, -0.2) is 28.2 Å². The van der Waals surface area contributed by atoms with Crippen molar-refractivity contribution in [1.29, 1.82) is 0 Å². The average Bonchev–Trinajstić information content (AvgIpc) is 2.55. The summed E-state index contributed by atoms with van der Waals surface area (Å²) in [6.07, 6.45) is 9.21. The molecule has 1 saturated carbocycles. The molecule has 1 fully saturated rings. The fraction of sp³-hybridized carbons (Fsp3) is 0.733. The maximum Gasteiger partial charge on any atom is 0.148 e. The highest BCUT2D eigenvalue weighted by molar-refractivity contribution is 5.57. The van der Waals surface area contributed by atoms with Crippen LogP contribution in [0.25, 0.3) is 0 Å². The number of nitrogens with zero attached hydrogens (tertiary/aromatic N) is 2. The number of hydrogen-bond acceptors (Lipinski definition) is 6. The molecular weight excluding hydrogens is 266 g/mol. The predicted molar refractivity (Wildman–Crippen MR) is 84.9 cm³/mol. The number of rotatable bonds is 7. The largest absolute Gasteiger partial charge is 0.396 e. The summed E-state index contributed by atoms with van der Waals surface area (Å²) >= 11 is 0. The van der Waals surface area contributed by atoms with E-state index in [0.717, 1.165) is 43.6 Å². The van der Waals surface area contributed by atoms with Crippen molar-refractivity contribution in [1.82, 2.24) is 9.97 Å². The summed E-state index contributed by atoms with van der Waals surface area (Å²) in [7, 11) is 0. The first-order chi connectivity index (χ1) is 10.2. The molecule has 0 spiro atoms. The summed E-state index contributed by atoms with van der Waals surface area (Å²) in [5.41, 5.74) is 3.65. The van der Waals surface area contributed by atoms with Gasteiger partial charge in [0, 0.05) is 17.5 Å². The van der Waals surface area contributed by atoms with Gasteiger partial charge in [0.1, 0.15) is 18.0 Å². The van der Waals surface area contributed by atoms with Crippen LogP contribution >= 0.6 is 0 Å². The number of nitrogens with two attached hydrogens (primary N) is 1. The highest BCUT2D eigenvalue weighted by Gasteiger charge is 2.31. The van der Waals surface area contributed by atoms with Gasteiger partial charge in [0.05, 0.1) is 6.61 Å². The number of anilines is 2. The number of nitrogen functional groups attached to an aromatic ring is 1. The molecule has 0 unspecified atom stereocenters. The van der Waals surface area contributed by atoms with Gasteiger partial charge in [-0.3, -0.25) is 0 Å². The number of nitrogens with one attached hydrogen (secondary N) is 2. The lowest BCUT2D eigenvalue weighted by atomic mass is 9.74. The second-order valence-corrected chi connectivity index (χ2v) is 6.02. The Kier molecular flexibility index (Phi) is 5.76. The van der Waals surface area contributed by atoms with Crippen molar-refractivity contribution in [2.75, 3.05) is 23.9 Å². The molecule has 6 heteroatoms. The monoisotopic (exact) mass is 293 g/mol. The molecule has 0 bridgehead atoms. The molecule has 0 aliphatic heterocycles. The smallest absolute Gasteiger partial charge is 0.148 e. The summed E-state index contributed by atoms with van der Waals surface area (Å²) in [5, 5.41) is 13.2. The molecule has 2 rings (SSSR count). The van der Waals surface area contributed by atoms with Crippen molar-refractivity contribution in [3.05, 3.63) is 11.9 Å². The number of aliphatic hydroxyl groups is 1. The van der Waals surface area contributed by atoms with E-state index in [4.69, 9.17) is 5.84 Å². The molecule has 5 N–H and O–H groups in total. The Balaban J connectivity index is 2.11. The molecule has 1 aromatic heterocycles. The zero-order chi connectivity index (χ0) is 15.1. The van der Waals surface area contributed by atoms with Gasteiger partial charge in [0.2, 0.25) is 0 Å². The first-order valence-electron chi connectivity index (χ1n) is 7.90. The van der Waals surface area contributed by atoms with Crippen LogP contribution in [0.1, 0.15) is 51.0 Å². The van der Waals surface area contributed by atoms with Gasteiger partial charge in [-0.25, -0.2) is 15.8 Å². The van der Waals surface area contributed by atoms with E-state index in [-0.39, 0.29) is 12.0 Å². The molecule has 6 nitrogen and oxygen atoms in total. The van der Waals surface area contributed by atoms with Gasteiger partial charge in [-0.2, -0.15) is 0 Å². The number of aromatic nitrogens is 2. The topological polar surface area (TPSA) is 96.1 Å². The Labute approximate surface area is 126 Å². The molecule has 1 aliphatic carbocycles. The second kappa shape index (κ2) is 7.56. The Bertz CT molecular complexity index is 446. The molecule has 21 heavy (non-hydrogen) atoms. The van der Waals surface area contributed by atoms with E-state index in [9.17, 15) is 5.11 Å². The molecule has 0 atom stereocenters. The van der Waals surface area contributed by atoms with Crippen LogP contribution in [0.5, 0.6) is 0 Å². The highest BCUT2D eigenvalue weighted by atomic mass is 16.3. The Morgan fingerprint density at radius 2 is 1.95 bits per heavy atom. The predicted octanol–water partition coefficient (Wildman–Crippen LogP) is 2.07. The number of hydrazine groups is 1. The maximum atomic E-state index is 9.79. The van der Waals surface area contributed by atoms with Crippen LogP contribution in [0, 0.1) is 5.41 Å². The summed E-state index contributed by atoms with van der Waals surface area (Å²) in [5.74, 6) is 7.04. The molecule has 1 aliphatic rings. The van der Waals surface area contributed by atoms with E-state index in [1.54, 1.807) is 0 Å². The lowest BCUT2D eigenvalue weighted by Crippen LogP contribution is -2.36. The van der Waals surface area contributed by atoms with Gasteiger partial charge in [-0.05, 0) is 19.3 Å². The first kappa shape index (κ1) is 16.0. The van der Waals surface area contributed by atoms with Gasteiger partial charge in [-0.1, -0.05) is 32.6 Å². The third-order valence-electron chi connectivity index (χ3n) is 4.46. The van der Waals surface area contributed by atoms with Gasteiger partial charge >= 0.3 is 0 Å². The molecule has 0 amide bonds. The SMILES string of the molecule is CCCc1c(NN)ncnc1NCC1(CO)CCCCC1. The Morgan fingerprint density at radius 1 is 1.24 bits per heavy atom. The van der Waals surface area contributed by atoms with Crippen LogP contribution in [0.2, 0.25) is 0 Å². The van der Waals surface area contributed by atoms with E-state index >= 15 is 0 Å². The van der Waals surface area contributed by atoms with Crippen LogP contribution < -0.4 is 16.6 Å². The molecule has 1 aromatic rings. The van der Waals surface area contributed by atoms with Crippen molar-refractivity contribution in [3.8, 4) is 0 Å². The highest BCUT2D eigenvalue weighted by Crippen LogP contribution is 2.36. The zero-order valence-corrected chi connectivity index (χ0v) is 12.9. The first-order valence-corrected chi connectivity index (χ1v) is 7.90. The molecule has 0 radical (unpaired) electrons. The number of aliphatic hydroxyl groups excluding tert-OH is 1. The van der Waals surface area contributed by atoms with E-state index in [2.05, 4.69) is 27.6 Å². The standard InChI is InChI=1S/C15H27N5O/c1-2-6-12-13(18-11-19-14(12)20-16)17-9-15(10-21)7-4-3-5-8-15/h11,21H,2-10,16H2,1H3,(H2,17,18,19,20). The normalized spacial score (nSPS) is 17.5. The minimum Gasteiger partial charge on any atom is -0.396 e. The molecular formula is C15H27N5O. The average molecular weight is 293 g/mol. The van der Waals surface area contributed by atoms with E-state index in [0.29, 0.717) is 5.82 Å². The van der Waals surface area contributed by atoms with Gasteiger partial charge < -0.3 is 15.8 Å². The maximum absolute atomic E-state index is 9.79. The third kappa shape index (κ3) is 3.83. The van der Waals surface area contributed by atoms with Crippen LogP contribution in [0.15, 0.2) is 6.33 Å². The van der Waals surface area contributed by atoms with E-state index in [1.165, 1.54) is 25.6 Å². The molecule has 118 valence electrons. The number of hydrogen-bond donors (Lipinski definition) is 4. The minimum absolute atomic E-state index is 0.0109. The fourth-order valence-corrected chi connectivity index (χ4v) is 3.14. The van der Waals surface area contributed by atoms with E-state index < -0.39 is 0 Å². The second-order valence-electron chi connectivity index (χ2n) is 6.02. The van der Waals surface area contributed by atoms with Gasteiger partial charge in [0.25, 0.3) is 0 Å². The minimum atomic E-state index is -0.0109. The zero-order valence-electron chi connectivity index (χ0n) is 12.9. The van der Waals surface area contributed by atoms with E-state index in [1.807, 2.05) is 0 Å². The van der Waals surface area contributed by atoms with Crippen molar-refractivity contribution < 1.29 is 5.11 Å². The lowest BCUT2D eigenvalue weighted by molar-refractivity contribution is 0.0943. The fourth-order valence-electron chi connectivity index (χ4n) is 3.14. The summed E-state index contributed by atoms with van der Waals surface area (Å²) < 4.78 is 0. The molecule has 0 aromatic carbocycles. The Morgan fingerprint density at radius 3 is 2.57 bits per heavy atom. The van der Waals surface area contributed by atoms with Crippen molar-refractivity contribution in [3.63, 3.8) is 0 Å². The van der Waals surface area contributed by atoms with Crippen molar-refractivity contribution >= 4 is 11.6 Å². The summed E-state index contributed by atoms with van der Waals surface area (Å²) in [6, 6.07) is 0. The van der Waals surface area contributed by atoms with Crippen LogP contribution in [0.4, 0.5) is 11.6 Å². The van der Waals surface area contributed by atoms with Crippen molar-refractivity contribution in [2.45, 2.75) is 51.9 Å². The third-order valence-corrected chi connectivity index (χ3v) is 4.46. The van der Waals surface area contributed by atoms with Gasteiger partial charge in [0.15, 0.2) is 0 Å². The summed E-state index contributed by atoms with van der Waals surface area (Å²) in [4.78, 5) is 8.53. The summed E-state index contributed by atoms with van der Waals surface area (Å²) in [6.45, 7) is 3.10. The Hall–Kier alpha value is -1.40. The van der Waals surface area contributed by atoms with Gasteiger partial charge in [-0.15, -0.1) is 0 Å². The van der Waals surface area contributed by atoms with Crippen LogP contribution in [0.3, 0.4) is 0 Å². The van der Waals surface area contributed by atoms with Crippen LogP contribution in [-0.2, 0) is 6.42 Å². The quantitative estimate of drug-likeness (QED) is 0.454. The molecule has 0 saturated heterocycles.